The molecule has 6 heteroatoms. The lowest BCUT2D eigenvalue weighted by atomic mass is 9.72. The minimum Gasteiger partial charge on any atom is -0.377 e. The second-order valence-corrected chi connectivity index (χ2v) is 8.75. The molecule has 138 valence electrons. The number of alkyl halides is 1. The lowest BCUT2D eigenvalue weighted by Crippen LogP contribution is -2.73. The maximum Gasteiger partial charge on any atom is 0.0863 e. The van der Waals surface area contributed by atoms with Gasteiger partial charge in [0.1, 0.15) is 0 Å². The molecule has 4 rings (SSSR count). The predicted octanol–water partition coefficient (Wildman–Crippen LogP) is 1.72. The van der Waals surface area contributed by atoms with Gasteiger partial charge < -0.3 is 10.1 Å². The van der Waals surface area contributed by atoms with E-state index in [1.807, 2.05) is 0 Å². The Hall–Kier alpha value is 0.0900. The highest BCUT2D eigenvalue weighted by Crippen LogP contribution is 2.36. The first-order valence-electron chi connectivity index (χ1n) is 10.0. The average molecular weight is 357 g/mol. The Balaban J connectivity index is 1.36. The molecule has 3 aliphatic heterocycles. The van der Waals surface area contributed by atoms with E-state index in [1.165, 1.54) is 51.4 Å². The van der Waals surface area contributed by atoms with E-state index in [1.54, 1.807) is 0 Å². The summed E-state index contributed by atoms with van der Waals surface area (Å²) in [6, 6.07) is 1.09. The first kappa shape index (κ1) is 17.5. The fourth-order valence-electron chi connectivity index (χ4n) is 5.24. The van der Waals surface area contributed by atoms with Crippen molar-refractivity contribution in [1.82, 2.24) is 21.5 Å². The molecule has 0 spiro atoms. The first-order chi connectivity index (χ1) is 11.8. The fourth-order valence-corrected chi connectivity index (χ4v) is 5.49. The van der Waals surface area contributed by atoms with Gasteiger partial charge in [-0.3, -0.25) is 10.7 Å². The van der Waals surface area contributed by atoms with Gasteiger partial charge in [0.25, 0.3) is 0 Å². The van der Waals surface area contributed by atoms with Crippen LogP contribution < -0.4 is 21.5 Å². The van der Waals surface area contributed by atoms with Crippen LogP contribution >= 0.6 is 11.6 Å². The minimum atomic E-state index is 0.292. The monoisotopic (exact) mass is 356 g/mol. The number of nitrogens with one attached hydrogen (secondary N) is 4. The second-order valence-electron chi connectivity index (χ2n) is 8.13. The molecule has 4 N–H and O–H groups in total. The Morgan fingerprint density at radius 3 is 2.62 bits per heavy atom. The lowest BCUT2D eigenvalue weighted by Gasteiger charge is -2.50. The first-order valence-corrected chi connectivity index (χ1v) is 10.5. The number of hydrazine groups is 1. The van der Waals surface area contributed by atoms with Crippen molar-refractivity contribution >= 4 is 11.6 Å². The number of piperidine rings is 1. The number of hydrogen-bond donors (Lipinski definition) is 4. The number of rotatable bonds is 4. The van der Waals surface area contributed by atoms with Gasteiger partial charge in [0, 0.05) is 30.6 Å². The van der Waals surface area contributed by atoms with Gasteiger partial charge >= 0.3 is 0 Å². The Bertz CT molecular complexity index is 398. The van der Waals surface area contributed by atoms with Gasteiger partial charge in [-0.1, -0.05) is 0 Å². The maximum atomic E-state index is 6.31. The number of fused-ring (bicyclic) bond motifs is 1. The SMILES string of the molecule is ClC1CCC(C2NNC(NCC3CCCO3)C3NCCCC23)CC1. The Morgan fingerprint density at radius 2 is 1.83 bits per heavy atom. The van der Waals surface area contributed by atoms with Crippen LogP contribution in [0.3, 0.4) is 0 Å². The molecule has 5 unspecified atom stereocenters. The molecule has 3 saturated heterocycles. The van der Waals surface area contributed by atoms with Crippen LogP contribution in [-0.4, -0.2) is 49.4 Å². The highest BCUT2D eigenvalue weighted by molar-refractivity contribution is 6.20. The van der Waals surface area contributed by atoms with E-state index in [0.29, 0.717) is 35.6 Å². The third kappa shape index (κ3) is 3.92. The molecule has 24 heavy (non-hydrogen) atoms. The van der Waals surface area contributed by atoms with Crippen molar-refractivity contribution in [3.8, 4) is 0 Å². The molecule has 5 atom stereocenters. The van der Waals surface area contributed by atoms with Gasteiger partial charge in [-0.2, -0.15) is 0 Å². The molecular weight excluding hydrogens is 324 g/mol. The number of hydrogen-bond acceptors (Lipinski definition) is 5. The standard InChI is InChI=1S/C18H33ClN4O/c19-13-7-5-12(6-8-13)16-15-4-1-9-20-17(15)18(23-22-16)21-11-14-3-2-10-24-14/h12-18,20-23H,1-11H2. The van der Waals surface area contributed by atoms with Crippen LogP contribution in [0, 0.1) is 11.8 Å². The van der Waals surface area contributed by atoms with Gasteiger partial charge in [0.15, 0.2) is 0 Å². The van der Waals surface area contributed by atoms with Crippen LogP contribution in [0.15, 0.2) is 0 Å². The quantitative estimate of drug-likeness (QED) is 0.578. The summed E-state index contributed by atoms with van der Waals surface area (Å²) in [5, 5.41) is 7.91. The Kier molecular flexibility index (Phi) is 5.97. The highest BCUT2D eigenvalue weighted by atomic mass is 35.5. The zero-order valence-corrected chi connectivity index (χ0v) is 15.4. The maximum absolute atomic E-state index is 6.31. The molecule has 4 fully saturated rings. The van der Waals surface area contributed by atoms with Gasteiger partial charge in [-0.25, -0.2) is 5.43 Å². The summed E-state index contributed by atoms with van der Waals surface area (Å²) in [5.41, 5.74) is 7.28. The van der Waals surface area contributed by atoms with Crippen molar-refractivity contribution in [1.29, 1.82) is 0 Å². The third-order valence-electron chi connectivity index (χ3n) is 6.58. The largest absolute Gasteiger partial charge is 0.377 e. The molecule has 1 saturated carbocycles. The average Bonchev–Trinajstić information content (AvgIpc) is 3.14. The lowest BCUT2D eigenvalue weighted by molar-refractivity contribution is 0.0433. The predicted molar refractivity (Wildman–Crippen MR) is 96.9 cm³/mol. The van der Waals surface area contributed by atoms with Crippen molar-refractivity contribution in [2.75, 3.05) is 19.7 Å². The van der Waals surface area contributed by atoms with Crippen molar-refractivity contribution in [2.24, 2.45) is 11.8 Å². The smallest absolute Gasteiger partial charge is 0.0863 e. The molecule has 1 aliphatic carbocycles. The summed E-state index contributed by atoms with van der Waals surface area (Å²) in [6.45, 7) is 3.02. The van der Waals surface area contributed by atoms with Gasteiger partial charge in [-0.05, 0) is 69.7 Å². The number of halogens is 1. The van der Waals surface area contributed by atoms with Crippen LogP contribution in [0.1, 0.15) is 51.4 Å². The summed E-state index contributed by atoms with van der Waals surface area (Å²) in [4.78, 5) is 0. The van der Waals surface area contributed by atoms with Gasteiger partial charge in [-0.15, -0.1) is 11.6 Å². The van der Waals surface area contributed by atoms with E-state index in [9.17, 15) is 0 Å². The van der Waals surface area contributed by atoms with E-state index in [-0.39, 0.29) is 0 Å². The topological polar surface area (TPSA) is 57.3 Å². The van der Waals surface area contributed by atoms with E-state index >= 15 is 0 Å². The molecule has 0 amide bonds. The molecule has 4 aliphatic rings. The van der Waals surface area contributed by atoms with Crippen LogP contribution in [0.2, 0.25) is 0 Å². The molecule has 3 heterocycles. The van der Waals surface area contributed by atoms with Crippen molar-refractivity contribution in [3.05, 3.63) is 0 Å². The van der Waals surface area contributed by atoms with E-state index in [4.69, 9.17) is 16.3 Å². The summed E-state index contributed by atoms with van der Waals surface area (Å²) >= 11 is 6.31. The van der Waals surface area contributed by atoms with Crippen LogP contribution in [0.25, 0.3) is 0 Å². The van der Waals surface area contributed by atoms with Gasteiger partial charge in [0.05, 0.1) is 12.3 Å². The molecule has 5 nitrogen and oxygen atoms in total. The summed E-state index contributed by atoms with van der Waals surface area (Å²) in [5.74, 6) is 1.47. The molecule has 0 aromatic heterocycles. The summed E-state index contributed by atoms with van der Waals surface area (Å²) < 4.78 is 5.76. The summed E-state index contributed by atoms with van der Waals surface area (Å²) in [6.07, 6.45) is 10.6. The van der Waals surface area contributed by atoms with Crippen LogP contribution in [-0.2, 0) is 4.74 Å². The number of ether oxygens (including phenoxy) is 1. The normalized spacial score (nSPS) is 46.6. The van der Waals surface area contributed by atoms with E-state index in [0.717, 1.165) is 25.6 Å². The van der Waals surface area contributed by atoms with Crippen molar-refractivity contribution < 1.29 is 4.74 Å². The summed E-state index contributed by atoms with van der Waals surface area (Å²) in [7, 11) is 0. The zero-order chi connectivity index (χ0) is 16.4. The third-order valence-corrected chi connectivity index (χ3v) is 7.02. The molecule has 0 bridgehead atoms. The fraction of sp³-hybridized carbons (Fsp3) is 1.00. The van der Waals surface area contributed by atoms with E-state index < -0.39 is 0 Å². The molecule has 0 aromatic rings. The zero-order valence-electron chi connectivity index (χ0n) is 14.6. The molecule has 0 radical (unpaired) electrons. The Labute approximate surface area is 151 Å². The van der Waals surface area contributed by atoms with Crippen molar-refractivity contribution in [3.63, 3.8) is 0 Å². The molecule has 0 aromatic carbocycles. The highest BCUT2D eigenvalue weighted by Gasteiger charge is 2.44. The Morgan fingerprint density at radius 1 is 0.958 bits per heavy atom. The van der Waals surface area contributed by atoms with E-state index in [2.05, 4.69) is 21.5 Å². The van der Waals surface area contributed by atoms with Crippen LogP contribution in [0.4, 0.5) is 0 Å². The van der Waals surface area contributed by atoms with Crippen molar-refractivity contribution in [2.45, 2.75) is 81.1 Å². The van der Waals surface area contributed by atoms with Gasteiger partial charge in [0.2, 0.25) is 0 Å². The molecular formula is C18H33ClN4O. The van der Waals surface area contributed by atoms with Crippen LogP contribution in [0.5, 0.6) is 0 Å². The second kappa shape index (κ2) is 8.19. The minimum absolute atomic E-state index is 0.292.